The summed E-state index contributed by atoms with van der Waals surface area (Å²) in [6.07, 6.45) is 46.0. The van der Waals surface area contributed by atoms with Gasteiger partial charge in [0, 0.05) is 25.7 Å². The number of esters is 4. The van der Waals surface area contributed by atoms with E-state index in [4.69, 9.17) is 37.0 Å². The molecule has 0 radical (unpaired) electrons. The van der Waals surface area contributed by atoms with E-state index in [1.807, 2.05) is 0 Å². The Kier molecular flexibility index (Phi) is 61.3. The predicted molar refractivity (Wildman–Crippen MR) is 372 cm³/mol. The van der Waals surface area contributed by atoms with Crippen LogP contribution in [0.5, 0.6) is 0 Å². The summed E-state index contributed by atoms with van der Waals surface area (Å²) in [6, 6.07) is 0. The van der Waals surface area contributed by atoms with Crippen molar-refractivity contribution in [3.8, 4) is 0 Å². The number of aliphatic hydroxyl groups is 1. The molecule has 0 aliphatic heterocycles. The van der Waals surface area contributed by atoms with Crippen LogP contribution >= 0.6 is 15.6 Å². The number of carbonyl (C=O) groups is 4. The molecule has 0 spiro atoms. The van der Waals surface area contributed by atoms with Gasteiger partial charge in [0.05, 0.1) is 26.4 Å². The van der Waals surface area contributed by atoms with Crippen molar-refractivity contribution >= 4 is 39.5 Å². The lowest BCUT2D eigenvalue weighted by Crippen LogP contribution is -2.30. The third-order valence-corrected chi connectivity index (χ3v) is 19.1. The van der Waals surface area contributed by atoms with Gasteiger partial charge in [-0.1, -0.05) is 312 Å². The molecule has 0 aliphatic carbocycles. The van der Waals surface area contributed by atoms with E-state index < -0.39 is 97.5 Å². The van der Waals surface area contributed by atoms with Gasteiger partial charge < -0.3 is 33.8 Å². The van der Waals surface area contributed by atoms with Crippen LogP contribution in [-0.2, 0) is 65.4 Å². The van der Waals surface area contributed by atoms with Crippen molar-refractivity contribution in [1.82, 2.24) is 0 Å². The van der Waals surface area contributed by atoms with E-state index in [-0.39, 0.29) is 25.7 Å². The van der Waals surface area contributed by atoms with Gasteiger partial charge in [-0.05, 0) is 49.4 Å². The molecule has 19 heteroatoms. The average molecular weight is 1350 g/mol. The van der Waals surface area contributed by atoms with E-state index >= 15 is 0 Å². The lowest BCUT2D eigenvalue weighted by atomic mass is 10.00. The highest BCUT2D eigenvalue weighted by Gasteiger charge is 2.30. The summed E-state index contributed by atoms with van der Waals surface area (Å²) in [5.41, 5.74) is 0. The Hall–Kier alpha value is -1.94. The Labute approximate surface area is 562 Å². The van der Waals surface area contributed by atoms with E-state index in [1.54, 1.807) is 0 Å². The number of hydrogen-bond donors (Lipinski definition) is 3. The molecule has 3 N–H and O–H groups in total. The Bertz CT molecular complexity index is 1820. The monoisotopic (exact) mass is 1350 g/mol. The molecule has 0 saturated carbocycles. The number of phosphoric acid groups is 2. The fraction of sp³-hybridized carbons (Fsp3) is 0.945. The second kappa shape index (κ2) is 62.6. The van der Waals surface area contributed by atoms with Gasteiger partial charge in [0.15, 0.2) is 12.2 Å². The Morgan fingerprint density at radius 2 is 0.522 bits per heavy atom. The number of carbonyl (C=O) groups excluding carboxylic acids is 4. The normalized spacial score (nSPS) is 14.5. The molecule has 0 aromatic heterocycles. The van der Waals surface area contributed by atoms with Crippen molar-refractivity contribution in [2.45, 2.75) is 382 Å². The third-order valence-electron chi connectivity index (χ3n) is 17.2. The van der Waals surface area contributed by atoms with Crippen LogP contribution in [-0.4, -0.2) is 96.7 Å². The van der Waals surface area contributed by atoms with E-state index in [0.717, 1.165) is 114 Å². The van der Waals surface area contributed by atoms with Crippen LogP contribution < -0.4 is 0 Å². The maximum Gasteiger partial charge on any atom is 0.472 e. The highest BCUT2D eigenvalue weighted by atomic mass is 31.2. The first-order valence-electron chi connectivity index (χ1n) is 37.7. The molecule has 0 aliphatic rings. The van der Waals surface area contributed by atoms with Crippen molar-refractivity contribution in [3.05, 3.63) is 0 Å². The van der Waals surface area contributed by atoms with Crippen molar-refractivity contribution in [1.29, 1.82) is 0 Å². The number of unbranched alkanes of at least 4 members (excludes halogenated alkanes) is 35. The van der Waals surface area contributed by atoms with Gasteiger partial charge in [-0.25, -0.2) is 9.13 Å². The summed E-state index contributed by atoms with van der Waals surface area (Å²) in [5, 5.41) is 10.6. The molecule has 6 atom stereocenters. The second-order valence-electron chi connectivity index (χ2n) is 28.0. The van der Waals surface area contributed by atoms with E-state index in [9.17, 15) is 43.2 Å². The summed E-state index contributed by atoms with van der Waals surface area (Å²) in [6.45, 7) is 14.1. The van der Waals surface area contributed by atoms with Gasteiger partial charge in [-0.2, -0.15) is 0 Å². The van der Waals surface area contributed by atoms with Crippen LogP contribution in [0.4, 0.5) is 0 Å². The Balaban J connectivity index is 5.23. The molecule has 0 fully saturated rings. The average Bonchev–Trinajstić information content (AvgIpc) is 1.79. The lowest BCUT2D eigenvalue weighted by molar-refractivity contribution is -0.161. The number of aliphatic hydroxyl groups excluding tert-OH is 1. The molecule has 92 heavy (non-hydrogen) atoms. The van der Waals surface area contributed by atoms with E-state index in [0.29, 0.717) is 31.6 Å². The van der Waals surface area contributed by atoms with Crippen molar-refractivity contribution in [3.63, 3.8) is 0 Å². The van der Waals surface area contributed by atoms with E-state index in [2.05, 4.69) is 55.4 Å². The van der Waals surface area contributed by atoms with Gasteiger partial charge in [-0.15, -0.1) is 0 Å². The molecule has 0 aromatic carbocycles. The van der Waals surface area contributed by atoms with Crippen LogP contribution in [0, 0.1) is 23.7 Å². The highest BCUT2D eigenvalue weighted by Crippen LogP contribution is 2.45. The maximum atomic E-state index is 13.1. The van der Waals surface area contributed by atoms with Crippen LogP contribution in [0.15, 0.2) is 0 Å². The number of ether oxygens (including phenoxy) is 4. The molecule has 3 unspecified atom stereocenters. The van der Waals surface area contributed by atoms with E-state index in [1.165, 1.54) is 161 Å². The molecule has 546 valence electrons. The van der Waals surface area contributed by atoms with Crippen LogP contribution in [0.3, 0.4) is 0 Å². The van der Waals surface area contributed by atoms with Gasteiger partial charge in [0.2, 0.25) is 0 Å². The molecular weight excluding hydrogens is 1210 g/mol. The van der Waals surface area contributed by atoms with Gasteiger partial charge in [-0.3, -0.25) is 37.3 Å². The first-order chi connectivity index (χ1) is 44.1. The highest BCUT2D eigenvalue weighted by molar-refractivity contribution is 7.47. The molecule has 0 saturated heterocycles. The smallest absolute Gasteiger partial charge is 0.462 e. The maximum absolute atomic E-state index is 13.1. The molecule has 17 nitrogen and oxygen atoms in total. The Morgan fingerprint density at radius 1 is 0.304 bits per heavy atom. The fourth-order valence-corrected chi connectivity index (χ4v) is 12.6. The summed E-state index contributed by atoms with van der Waals surface area (Å²) < 4.78 is 68.3. The second-order valence-corrected chi connectivity index (χ2v) is 30.9. The molecule has 0 heterocycles. The molecular formula is C73H142O17P2. The SMILES string of the molecule is CCC(C)CCCCCCCCC(=O)O[C@H](COC(=O)CCCCCCCCC(C)C)COP(=O)(O)OC[C@H](O)COP(=O)(O)OC[C@@H](COC(=O)CCCCCCCCCCCCCCCC(C)C)OC(=O)CCCCCCCCCCCCCCCCC(C)C. The summed E-state index contributed by atoms with van der Waals surface area (Å²) in [7, 11) is -9.91. The molecule has 0 amide bonds. The number of rotatable bonds is 70. The topological polar surface area (TPSA) is 237 Å². The predicted octanol–water partition coefficient (Wildman–Crippen LogP) is 20.9. The number of phosphoric ester groups is 2. The molecule has 0 rings (SSSR count). The first kappa shape index (κ1) is 90.1. The quantitative estimate of drug-likeness (QED) is 0.0222. The fourth-order valence-electron chi connectivity index (χ4n) is 11.0. The van der Waals surface area contributed by atoms with Crippen molar-refractivity contribution in [2.24, 2.45) is 23.7 Å². The Morgan fingerprint density at radius 3 is 0.772 bits per heavy atom. The minimum absolute atomic E-state index is 0.102. The minimum atomic E-state index is -4.96. The zero-order valence-corrected chi connectivity index (χ0v) is 62.0. The van der Waals surface area contributed by atoms with Crippen molar-refractivity contribution in [2.75, 3.05) is 39.6 Å². The van der Waals surface area contributed by atoms with Gasteiger partial charge in [0.25, 0.3) is 0 Å². The zero-order chi connectivity index (χ0) is 68.2. The van der Waals surface area contributed by atoms with Crippen LogP contribution in [0.2, 0.25) is 0 Å². The van der Waals surface area contributed by atoms with Crippen molar-refractivity contribution < 1.29 is 80.2 Å². The number of hydrogen-bond acceptors (Lipinski definition) is 15. The zero-order valence-electron chi connectivity index (χ0n) is 60.2. The summed E-state index contributed by atoms with van der Waals surface area (Å²) in [5.74, 6) is 0.857. The molecule has 0 aromatic rings. The minimum Gasteiger partial charge on any atom is -0.462 e. The summed E-state index contributed by atoms with van der Waals surface area (Å²) in [4.78, 5) is 72.6. The van der Waals surface area contributed by atoms with Crippen LogP contribution in [0.1, 0.15) is 364 Å². The van der Waals surface area contributed by atoms with Crippen LogP contribution in [0.25, 0.3) is 0 Å². The molecule has 0 bridgehead atoms. The summed E-state index contributed by atoms with van der Waals surface area (Å²) >= 11 is 0. The standard InChI is InChI=1S/C73H142O17P2/c1-9-66(8)52-44-36-30-32-40-48-56-73(78)90-69(60-84-71(76)54-46-38-31-29-35-43-51-65(6)7)62-88-92(81,82)86-58-67(74)57-85-91(79,80)87-61-68(59-83-70(75)53-45-37-27-23-19-16-12-14-18-22-26-34-42-50-64(4)5)89-72(77)55-47-39-28-24-20-15-11-10-13-17-21-25-33-41-49-63(2)3/h63-69,74H,9-62H2,1-8H3,(H,79,80)(H,81,82)/t66?,67-,68-,69-/m1/s1. The van der Waals surface area contributed by atoms with Gasteiger partial charge >= 0.3 is 39.5 Å². The largest absolute Gasteiger partial charge is 0.472 e. The van der Waals surface area contributed by atoms with Gasteiger partial charge in [0.1, 0.15) is 19.3 Å². The lowest BCUT2D eigenvalue weighted by Gasteiger charge is -2.21. The third kappa shape index (κ3) is 65.4. The first-order valence-corrected chi connectivity index (χ1v) is 40.7.